The normalized spacial score (nSPS) is 17.3. The lowest BCUT2D eigenvalue weighted by Crippen LogP contribution is -2.48. The number of carbonyl (C=O) groups is 1. The molecule has 2 aromatic carbocycles. The molecule has 0 saturated carbocycles. The molecule has 3 rings (SSSR count). The fourth-order valence-corrected chi connectivity index (χ4v) is 4.74. The molecule has 0 bridgehead atoms. The molecule has 5 heteroatoms. The van der Waals surface area contributed by atoms with Crippen molar-refractivity contribution in [2.45, 2.75) is 58.9 Å². The molecule has 1 aliphatic heterocycles. The second kappa shape index (κ2) is 9.48. The summed E-state index contributed by atoms with van der Waals surface area (Å²) in [6.45, 7) is 11.9. The Morgan fingerprint density at radius 3 is 2.53 bits per heavy atom. The van der Waals surface area contributed by atoms with E-state index in [1.54, 1.807) is 13.2 Å². The number of hydrogen-bond acceptors (Lipinski definition) is 4. The van der Waals surface area contributed by atoms with Crippen LogP contribution in [0.5, 0.6) is 5.75 Å². The SMILES string of the molecule is CCc1ccc(NC(=O)/C(C#N)=C/c2cc3c(cc2OC)N(CC)C(C)(C)CC3C)cc1. The monoisotopic (exact) mass is 431 g/mol. The van der Waals surface area contributed by atoms with Crippen LogP contribution in [0.25, 0.3) is 6.08 Å². The molecule has 32 heavy (non-hydrogen) atoms. The van der Waals surface area contributed by atoms with E-state index in [0.29, 0.717) is 17.4 Å². The van der Waals surface area contributed by atoms with Crippen molar-refractivity contribution in [3.63, 3.8) is 0 Å². The van der Waals surface area contributed by atoms with Crippen molar-refractivity contribution < 1.29 is 9.53 Å². The summed E-state index contributed by atoms with van der Waals surface area (Å²) in [5, 5.41) is 12.5. The van der Waals surface area contributed by atoms with Gasteiger partial charge in [0, 0.05) is 35.1 Å². The highest BCUT2D eigenvalue weighted by atomic mass is 16.5. The lowest BCUT2D eigenvalue weighted by Gasteiger charge is -2.47. The first kappa shape index (κ1) is 23.4. The van der Waals surface area contributed by atoms with Crippen molar-refractivity contribution in [3.05, 3.63) is 58.7 Å². The average Bonchev–Trinajstić information content (AvgIpc) is 2.77. The van der Waals surface area contributed by atoms with E-state index in [2.05, 4.69) is 57.0 Å². The van der Waals surface area contributed by atoms with E-state index in [4.69, 9.17) is 4.74 Å². The third-order valence-electron chi connectivity index (χ3n) is 6.34. The predicted octanol–water partition coefficient (Wildman–Crippen LogP) is 5.92. The molecule has 5 nitrogen and oxygen atoms in total. The molecule has 168 valence electrons. The number of nitrogens with one attached hydrogen (secondary N) is 1. The summed E-state index contributed by atoms with van der Waals surface area (Å²) in [5.74, 6) is 0.582. The molecular formula is C27H33N3O2. The minimum absolute atomic E-state index is 0.0407. The Balaban J connectivity index is 1.97. The van der Waals surface area contributed by atoms with Gasteiger partial charge in [-0.1, -0.05) is 26.0 Å². The Bertz CT molecular complexity index is 1060. The topological polar surface area (TPSA) is 65.4 Å². The van der Waals surface area contributed by atoms with Gasteiger partial charge in [0.1, 0.15) is 17.4 Å². The third kappa shape index (κ3) is 4.65. The van der Waals surface area contributed by atoms with Gasteiger partial charge in [-0.3, -0.25) is 4.79 Å². The van der Waals surface area contributed by atoms with Gasteiger partial charge in [0.15, 0.2) is 0 Å². The average molecular weight is 432 g/mol. The minimum atomic E-state index is -0.430. The Morgan fingerprint density at radius 2 is 1.97 bits per heavy atom. The molecule has 2 aromatic rings. The number of amides is 1. The van der Waals surface area contributed by atoms with Crippen molar-refractivity contribution in [1.29, 1.82) is 5.26 Å². The molecule has 1 aliphatic rings. The zero-order valence-corrected chi connectivity index (χ0v) is 20.0. The Kier molecular flexibility index (Phi) is 6.93. The van der Waals surface area contributed by atoms with Gasteiger partial charge < -0.3 is 15.0 Å². The summed E-state index contributed by atoms with van der Waals surface area (Å²) in [6.07, 6.45) is 3.58. The predicted molar refractivity (Wildman–Crippen MR) is 131 cm³/mol. The molecule has 0 saturated heterocycles. The molecule has 1 atom stereocenters. The number of anilines is 2. The molecule has 1 N–H and O–H groups in total. The highest BCUT2D eigenvalue weighted by Gasteiger charge is 2.36. The van der Waals surface area contributed by atoms with Crippen LogP contribution in [0, 0.1) is 11.3 Å². The number of aryl methyl sites for hydroxylation is 1. The molecule has 1 heterocycles. The summed E-state index contributed by atoms with van der Waals surface area (Å²) in [6, 6.07) is 13.8. The number of fused-ring (bicyclic) bond motifs is 1. The van der Waals surface area contributed by atoms with Crippen molar-refractivity contribution in [2.75, 3.05) is 23.9 Å². The largest absolute Gasteiger partial charge is 0.496 e. The van der Waals surface area contributed by atoms with Crippen LogP contribution in [-0.2, 0) is 11.2 Å². The summed E-state index contributed by atoms with van der Waals surface area (Å²) < 4.78 is 5.66. The Hall–Kier alpha value is -3.26. The van der Waals surface area contributed by atoms with Gasteiger partial charge in [-0.2, -0.15) is 5.26 Å². The van der Waals surface area contributed by atoms with Crippen molar-refractivity contribution in [3.8, 4) is 11.8 Å². The molecule has 0 radical (unpaired) electrons. The van der Waals surface area contributed by atoms with Crippen molar-refractivity contribution in [1.82, 2.24) is 0 Å². The number of nitriles is 1. The molecule has 0 spiro atoms. The number of ether oxygens (including phenoxy) is 1. The standard InChI is InChI=1S/C27H33N3O2/c1-7-19-9-11-22(12-10-19)29-26(31)21(17-28)13-20-14-23-18(3)16-27(4,5)30(8-2)24(23)15-25(20)32-6/h9-15,18H,7-8,16H2,1-6H3,(H,29,31)/b21-13+. The first-order chi connectivity index (χ1) is 15.2. The molecule has 0 aliphatic carbocycles. The van der Waals surface area contributed by atoms with E-state index < -0.39 is 5.91 Å². The van der Waals surface area contributed by atoms with E-state index in [-0.39, 0.29) is 11.1 Å². The van der Waals surface area contributed by atoms with Gasteiger partial charge in [-0.25, -0.2) is 0 Å². The number of methoxy groups -OCH3 is 1. The number of hydrogen-bond donors (Lipinski definition) is 1. The quantitative estimate of drug-likeness (QED) is 0.456. The zero-order valence-electron chi connectivity index (χ0n) is 20.0. The van der Waals surface area contributed by atoms with E-state index in [9.17, 15) is 10.1 Å². The summed E-state index contributed by atoms with van der Waals surface area (Å²) in [7, 11) is 1.62. The number of carbonyl (C=O) groups excluding carboxylic acids is 1. The molecule has 1 unspecified atom stereocenters. The van der Waals surface area contributed by atoms with Crippen LogP contribution >= 0.6 is 0 Å². The molecule has 0 aromatic heterocycles. The lowest BCUT2D eigenvalue weighted by molar-refractivity contribution is -0.112. The second-order valence-electron chi connectivity index (χ2n) is 8.99. The fourth-order valence-electron chi connectivity index (χ4n) is 4.74. The van der Waals surface area contributed by atoms with E-state index in [0.717, 1.165) is 30.6 Å². The van der Waals surface area contributed by atoms with Crippen molar-refractivity contribution in [2.24, 2.45) is 0 Å². The smallest absolute Gasteiger partial charge is 0.266 e. The maximum atomic E-state index is 12.8. The first-order valence-electron chi connectivity index (χ1n) is 11.3. The number of rotatable bonds is 6. The molecular weight excluding hydrogens is 398 g/mol. The zero-order chi connectivity index (χ0) is 23.5. The fraction of sp³-hybridized carbons (Fsp3) is 0.407. The Labute approximate surface area is 191 Å². The van der Waals surface area contributed by atoms with Crippen LogP contribution in [0.3, 0.4) is 0 Å². The van der Waals surface area contributed by atoms with Crippen LogP contribution in [0.2, 0.25) is 0 Å². The highest BCUT2D eigenvalue weighted by molar-refractivity contribution is 6.09. The van der Waals surface area contributed by atoms with Crippen LogP contribution in [0.15, 0.2) is 42.0 Å². The highest BCUT2D eigenvalue weighted by Crippen LogP contribution is 2.45. The number of benzene rings is 2. The molecule has 0 fully saturated rings. The van der Waals surface area contributed by atoms with Gasteiger partial charge in [0.25, 0.3) is 5.91 Å². The third-order valence-corrected chi connectivity index (χ3v) is 6.34. The van der Waals surface area contributed by atoms with Gasteiger partial charge in [-0.05, 0) is 74.9 Å². The van der Waals surface area contributed by atoms with E-state index in [1.807, 2.05) is 30.3 Å². The minimum Gasteiger partial charge on any atom is -0.496 e. The maximum Gasteiger partial charge on any atom is 0.266 e. The second-order valence-corrected chi connectivity index (χ2v) is 8.99. The van der Waals surface area contributed by atoms with Gasteiger partial charge in [0.2, 0.25) is 0 Å². The van der Waals surface area contributed by atoms with E-state index >= 15 is 0 Å². The Morgan fingerprint density at radius 1 is 1.28 bits per heavy atom. The van der Waals surface area contributed by atoms with E-state index in [1.165, 1.54) is 11.1 Å². The number of nitrogens with zero attached hydrogens (tertiary/aromatic N) is 2. The summed E-state index contributed by atoms with van der Waals surface area (Å²) in [4.78, 5) is 15.2. The maximum absolute atomic E-state index is 12.8. The van der Waals surface area contributed by atoms with Crippen LogP contribution in [0.4, 0.5) is 11.4 Å². The summed E-state index contributed by atoms with van der Waals surface area (Å²) >= 11 is 0. The first-order valence-corrected chi connectivity index (χ1v) is 11.3. The van der Waals surface area contributed by atoms with Gasteiger partial charge in [0.05, 0.1) is 7.11 Å². The van der Waals surface area contributed by atoms with Crippen LogP contribution < -0.4 is 15.0 Å². The van der Waals surface area contributed by atoms with Crippen molar-refractivity contribution >= 4 is 23.4 Å². The van der Waals surface area contributed by atoms with Crippen LogP contribution in [0.1, 0.15) is 63.6 Å². The summed E-state index contributed by atoms with van der Waals surface area (Å²) in [5.41, 5.74) is 5.06. The van der Waals surface area contributed by atoms with Gasteiger partial charge >= 0.3 is 0 Å². The molecule has 1 amide bonds. The van der Waals surface area contributed by atoms with Gasteiger partial charge in [-0.15, -0.1) is 0 Å². The lowest BCUT2D eigenvalue weighted by atomic mass is 9.79. The van der Waals surface area contributed by atoms with Crippen LogP contribution in [-0.4, -0.2) is 25.1 Å².